The quantitative estimate of drug-likeness (QED) is 0.870. The van der Waals surface area contributed by atoms with Gasteiger partial charge in [0.1, 0.15) is 6.61 Å². The van der Waals surface area contributed by atoms with Gasteiger partial charge in [-0.3, -0.25) is 0 Å². The van der Waals surface area contributed by atoms with Crippen LogP contribution in [0.15, 0.2) is 28.9 Å². The van der Waals surface area contributed by atoms with E-state index >= 15 is 0 Å². The molecular weight excluding hydrogens is 223 g/mol. The Morgan fingerprint density at radius 1 is 1.41 bits per heavy atom. The van der Waals surface area contributed by atoms with E-state index in [2.05, 4.69) is 6.92 Å². The molecule has 92 valence electrons. The summed E-state index contributed by atoms with van der Waals surface area (Å²) in [6.07, 6.45) is 1.12. The van der Waals surface area contributed by atoms with Gasteiger partial charge in [-0.15, -0.1) is 0 Å². The van der Waals surface area contributed by atoms with Crippen molar-refractivity contribution >= 4 is 11.0 Å². The number of hydrogen-bond donors (Lipinski definition) is 1. The SMILES string of the molecule is CCc1ccc(OC[C@H](F)CO)c2occc12. The van der Waals surface area contributed by atoms with Gasteiger partial charge in [-0.05, 0) is 24.1 Å². The summed E-state index contributed by atoms with van der Waals surface area (Å²) in [5.74, 6) is 0.512. The number of aliphatic hydroxyl groups is 1. The second kappa shape index (κ2) is 5.19. The number of aliphatic hydroxyl groups excluding tert-OH is 1. The number of ether oxygens (including phenoxy) is 1. The summed E-state index contributed by atoms with van der Waals surface area (Å²) in [5, 5.41) is 9.58. The van der Waals surface area contributed by atoms with Crippen LogP contribution in [0.1, 0.15) is 12.5 Å². The van der Waals surface area contributed by atoms with Gasteiger partial charge in [-0.2, -0.15) is 0 Å². The molecule has 0 aliphatic rings. The smallest absolute Gasteiger partial charge is 0.175 e. The zero-order valence-electron chi connectivity index (χ0n) is 9.65. The van der Waals surface area contributed by atoms with Crippen molar-refractivity contribution in [3.63, 3.8) is 0 Å². The fraction of sp³-hybridized carbons (Fsp3) is 0.385. The largest absolute Gasteiger partial charge is 0.487 e. The van der Waals surface area contributed by atoms with Crippen LogP contribution in [-0.2, 0) is 6.42 Å². The molecule has 2 rings (SSSR count). The van der Waals surface area contributed by atoms with Gasteiger partial charge < -0.3 is 14.3 Å². The number of halogens is 1. The van der Waals surface area contributed by atoms with Crippen molar-refractivity contribution in [1.29, 1.82) is 0 Å². The second-order valence-corrected chi connectivity index (χ2v) is 3.83. The van der Waals surface area contributed by atoms with Gasteiger partial charge >= 0.3 is 0 Å². The Morgan fingerprint density at radius 3 is 2.94 bits per heavy atom. The highest BCUT2D eigenvalue weighted by Crippen LogP contribution is 2.30. The van der Waals surface area contributed by atoms with Gasteiger partial charge in [0.15, 0.2) is 17.5 Å². The third-order valence-electron chi connectivity index (χ3n) is 2.67. The Balaban J connectivity index is 2.26. The predicted molar refractivity (Wildman–Crippen MR) is 63.1 cm³/mol. The van der Waals surface area contributed by atoms with Crippen molar-refractivity contribution in [2.45, 2.75) is 19.5 Å². The number of rotatable bonds is 5. The molecule has 0 fully saturated rings. The molecule has 4 heteroatoms. The lowest BCUT2D eigenvalue weighted by Crippen LogP contribution is -2.16. The van der Waals surface area contributed by atoms with E-state index in [4.69, 9.17) is 14.3 Å². The molecule has 0 amide bonds. The van der Waals surface area contributed by atoms with Crippen LogP contribution >= 0.6 is 0 Å². The minimum Gasteiger partial charge on any atom is -0.487 e. The highest BCUT2D eigenvalue weighted by atomic mass is 19.1. The summed E-state index contributed by atoms with van der Waals surface area (Å²) in [4.78, 5) is 0. The van der Waals surface area contributed by atoms with E-state index in [1.54, 1.807) is 12.3 Å². The van der Waals surface area contributed by atoms with Crippen LogP contribution in [0, 0.1) is 0 Å². The zero-order valence-corrected chi connectivity index (χ0v) is 9.65. The second-order valence-electron chi connectivity index (χ2n) is 3.83. The molecule has 0 saturated carbocycles. The van der Waals surface area contributed by atoms with Crippen LogP contribution in [0.5, 0.6) is 5.75 Å². The molecule has 17 heavy (non-hydrogen) atoms. The number of alkyl halides is 1. The maximum atomic E-state index is 12.9. The van der Waals surface area contributed by atoms with Crippen molar-refractivity contribution < 1.29 is 18.7 Å². The van der Waals surface area contributed by atoms with Crippen molar-refractivity contribution in [2.24, 2.45) is 0 Å². The van der Waals surface area contributed by atoms with E-state index in [1.165, 1.54) is 5.56 Å². The fourth-order valence-electron chi connectivity index (χ4n) is 1.75. The Hall–Kier alpha value is -1.55. The number of furan rings is 1. The van der Waals surface area contributed by atoms with Gasteiger partial charge in [0.25, 0.3) is 0 Å². The lowest BCUT2D eigenvalue weighted by molar-refractivity contribution is 0.123. The summed E-state index contributed by atoms with van der Waals surface area (Å²) in [5.41, 5.74) is 1.80. The zero-order chi connectivity index (χ0) is 12.3. The van der Waals surface area contributed by atoms with Crippen molar-refractivity contribution in [3.8, 4) is 5.75 Å². The molecule has 0 bridgehead atoms. The van der Waals surface area contributed by atoms with Crippen LogP contribution < -0.4 is 4.74 Å². The van der Waals surface area contributed by atoms with E-state index in [9.17, 15) is 4.39 Å². The molecule has 0 aliphatic heterocycles. The van der Waals surface area contributed by atoms with Crippen LogP contribution in [0.2, 0.25) is 0 Å². The summed E-state index contributed by atoms with van der Waals surface area (Å²) in [6, 6.07) is 5.59. The van der Waals surface area contributed by atoms with E-state index < -0.39 is 12.8 Å². The molecule has 3 nitrogen and oxygen atoms in total. The number of fused-ring (bicyclic) bond motifs is 1. The molecular formula is C13H15FO3. The minimum absolute atomic E-state index is 0.169. The van der Waals surface area contributed by atoms with E-state index in [0.29, 0.717) is 11.3 Å². The predicted octanol–water partition coefficient (Wildman–Crippen LogP) is 2.70. The highest BCUT2D eigenvalue weighted by molar-refractivity contribution is 5.86. The Bertz CT molecular complexity index is 492. The average Bonchev–Trinajstić information content (AvgIpc) is 2.84. The van der Waals surface area contributed by atoms with Gasteiger partial charge in [0, 0.05) is 5.39 Å². The Labute approximate surface area is 98.8 Å². The standard InChI is InChI=1S/C13H15FO3/c1-2-9-3-4-12(17-8-10(14)7-15)13-11(9)5-6-16-13/h3-6,10,15H,2,7-8H2,1H3/t10-/m1/s1. The molecule has 1 atom stereocenters. The third kappa shape index (κ3) is 2.42. The first-order valence-electron chi connectivity index (χ1n) is 5.63. The van der Waals surface area contributed by atoms with Crippen LogP contribution in [0.3, 0.4) is 0 Å². The van der Waals surface area contributed by atoms with Crippen molar-refractivity contribution in [1.82, 2.24) is 0 Å². The van der Waals surface area contributed by atoms with E-state index in [1.807, 2.05) is 12.1 Å². The van der Waals surface area contributed by atoms with Crippen LogP contribution in [0.25, 0.3) is 11.0 Å². The summed E-state index contributed by atoms with van der Waals surface area (Å²) in [6.45, 7) is 1.36. The fourth-order valence-corrected chi connectivity index (χ4v) is 1.75. The maximum absolute atomic E-state index is 12.9. The van der Waals surface area contributed by atoms with E-state index in [-0.39, 0.29) is 6.61 Å². The first kappa shape index (κ1) is 11.9. The molecule has 0 saturated heterocycles. The van der Waals surface area contributed by atoms with Gasteiger partial charge in [0.2, 0.25) is 0 Å². The molecule has 0 unspecified atom stereocenters. The third-order valence-corrected chi connectivity index (χ3v) is 2.67. The molecule has 0 spiro atoms. The molecule has 1 aromatic carbocycles. The highest BCUT2D eigenvalue weighted by Gasteiger charge is 2.11. The van der Waals surface area contributed by atoms with Crippen molar-refractivity contribution in [3.05, 3.63) is 30.0 Å². The first-order chi connectivity index (χ1) is 8.26. The molecule has 1 heterocycles. The normalized spacial score (nSPS) is 12.9. The molecule has 0 aliphatic carbocycles. The molecule has 1 N–H and O–H groups in total. The van der Waals surface area contributed by atoms with Crippen LogP contribution in [0.4, 0.5) is 4.39 Å². The Morgan fingerprint density at radius 2 is 2.24 bits per heavy atom. The molecule has 0 radical (unpaired) electrons. The topological polar surface area (TPSA) is 42.6 Å². The molecule has 2 aromatic rings. The summed E-state index contributed by atoms with van der Waals surface area (Å²) < 4.78 is 23.5. The monoisotopic (exact) mass is 238 g/mol. The lowest BCUT2D eigenvalue weighted by atomic mass is 10.1. The number of aryl methyl sites for hydroxylation is 1. The van der Waals surface area contributed by atoms with Crippen LogP contribution in [-0.4, -0.2) is 24.5 Å². The minimum atomic E-state index is -1.37. The van der Waals surface area contributed by atoms with Gasteiger partial charge in [-0.25, -0.2) is 4.39 Å². The van der Waals surface area contributed by atoms with E-state index in [0.717, 1.165) is 11.8 Å². The van der Waals surface area contributed by atoms with Crippen molar-refractivity contribution in [2.75, 3.05) is 13.2 Å². The Kier molecular flexibility index (Phi) is 3.64. The summed E-state index contributed by atoms with van der Waals surface area (Å²) >= 11 is 0. The average molecular weight is 238 g/mol. The van der Waals surface area contributed by atoms with Gasteiger partial charge in [0.05, 0.1) is 12.9 Å². The number of hydrogen-bond acceptors (Lipinski definition) is 3. The molecule has 1 aromatic heterocycles. The van der Waals surface area contributed by atoms with Gasteiger partial charge in [-0.1, -0.05) is 13.0 Å². The first-order valence-corrected chi connectivity index (χ1v) is 5.63. The number of benzene rings is 1. The maximum Gasteiger partial charge on any atom is 0.175 e. The lowest BCUT2D eigenvalue weighted by Gasteiger charge is -2.09. The summed E-state index contributed by atoms with van der Waals surface area (Å²) in [7, 11) is 0.